The molecule has 0 unspecified atom stereocenters. The Hall–Kier alpha value is -4.55. The minimum atomic E-state index is -1.38. The molecule has 0 aliphatic carbocycles. The molecule has 4 nitrogen and oxygen atoms in total. The van der Waals surface area contributed by atoms with Crippen molar-refractivity contribution in [3.63, 3.8) is 0 Å². The highest BCUT2D eigenvalue weighted by Crippen LogP contribution is 2.26. The number of hydrogen-bond acceptors (Lipinski definition) is 4. The molecule has 0 saturated carbocycles. The predicted molar refractivity (Wildman–Crippen MR) is 170 cm³/mol. The zero-order valence-electron chi connectivity index (χ0n) is 21.9. The molecule has 2 N–H and O–H groups in total. The van der Waals surface area contributed by atoms with E-state index in [1.54, 1.807) is 36.5 Å². The maximum Gasteiger partial charge on any atom is 0.488 e. The number of nitrogens with zero attached hydrogens (tertiary/aromatic N) is 2. The molecule has 40 heavy (non-hydrogen) atoms. The van der Waals surface area contributed by atoms with E-state index in [2.05, 4.69) is 59.5 Å². The third-order valence-electron chi connectivity index (χ3n) is 6.19. The Bertz CT molecular complexity index is 1710. The Morgan fingerprint density at radius 3 is 1.65 bits per heavy atom. The molecular formula is C34H28BClN2O2. The zero-order chi connectivity index (χ0) is 28.3. The third kappa shape index (κ3) is 7.30. The van der Waals surface area contributed by atoms with Crippen LogP contribution in [0, 0.1) is 0 Å². The normalized spacial score (nSPS) is 10.1. The fraction of sp³-hybridized carbons (Fsp3) is 0. The summed E-state index contributed by atoms with van der Waals surface area (Å²) in [5.41, 5.74) is 4.75. The van der Waals surface area contributed by atoms with Gasteiger partial charge in [-0.25, -0.2) is 4.98 Å². The summed E-state index contributed by atoms with van der Waals surface area (Å²) in [6.07, 6.45) is 7.12. The van der Waals surface area contributed by atoms with Crippen molar-refractivity contribution in [1.82, 2.24) is 9.97 Å². The van der Waals surface area contributed by atoms with Gasteiger partial charge in [0, 0.05) is 28.7 Å². The van der Waals surface area contributed by atoms with Crippen molar-refractivity contribution >= 4 is 57.9 Å². The molecule has 0 amide bonds. The molecule has 6 rings (SSSR count). The van der Waals surface area contributed by atoms with Crippen LogP contribution in [0.2, 0.25) is 5.15 Å². The average molecular weight is 543 g/mol. The van der Waals surface area contributed by atoms with Crippen molar-refractivity contribution in [3.05, 3.63) is 151 Å². The summed E-state index contributed by atoms with van der Waals surface area (Å²) in [6.45, 7) is 7.35. The lowest BCUT2D eigenvalue weighted by Crippen LogP contribution is -2.29. The van der Waals surface area contributed by atoms with Crippen LogP contribution in [-0.4, -0.2) is 27.1 Å². The van der Waals surface area contributed by atoms with Crippen LogP contribution in [0.3, 0.4) is 0 Å². The molecule has 0 spiro atoms. The summed E-state index contributed by atoms with van der Waals surface area (Å²) < 4.78 is 0. The van der Waals surface area contributed by atoms with Gasteiger partial charge in [0.15, 0.2) is 0 Å². The van der Waals surface area contributed by atoms with Crippen molar-refractivity contribution in [2.75, 3.05) is 0 Å². The molecule has 2 aromatic heterocycles. The Labute approximate surface area is 239 Å². The number of aromatic nitrogens is 2. The Balaban J connectivity index is 0.000000146. The number of benzene rings is 4. The Morgan fingerprint density at radius 2 is 1.10 bits per heavy atom. The molecular weight excluding hydrogens is 515 g/mol. The quantitative estimate of drug-likeness (QED) is 0.179. The minimum absolute atomic E-state index is 0.496. The summed E-state index contributed by atoms with van der Waals surface area (Å²) in [5.74, 6) is 0. The molecule has 0 bridgehead atoms. The molecule has 4 aromatic carbocycles. The largest absolute Gasteiger partial charge is 0.488 e. The molecule has 2 heterocycles. The van der Waals surface area contributed by atoms with Gasteiger partial charge >= 0.3 is 7.12 Å². The highest BCUT2D eigenvalue weighted by atomic mass is 35.5. The topological polar surface area (TPSA) is 66.2 Å². The standard InChI is InChI=1S/C17H13N.C9H6ClN.C8H9BO2/c1-2-13-7-9-15(10-8-13)17-16-6-4-3-5-14(16)11-12-18-17;10-9-8-4-2-1-3-7(8)5-6-11-9;1-2-7-3-5-8(6-4-7)9(10)11/h2-12H,1H2;1-6H;2-6,10-11H,1H2. The van der Waals surface area contributed by atoms with Crippen molar-refractivity contribution in [3.8, 4) is 11.3 Å². The van der Waals surface area contributed by atoms with E-state index in [9.17, 15) is 0 Å². The Kier molecular flexibility index (Phi) is 9.97. The smallest absolute Gasteiger partial charge is 0.423 e. The van der Waals surface area contributed by atoms with E-state index in [1.165, 1.54) is 10.8 Å². The molecule has 0 aliphatic heterocycles. The SMILES string of the molecule is C=Cc1ccc(-c2nccc3ccccc23)cc1.C=Cc1ccc(B(O)O)cc1.Clc1nccc2ccccc12. The molecule has 0 saturated heterocycles. The van der Waals surface area contributed by atoms with E-state index >= 15 is 0 Å². The fourth-order valence-corrected chi connectivity index (χ4v) is 4.24. The molecule has 0 fully saturated rings. The van der Waals surface area contributed by atoms with Crippen molar-refractivity contribution < 1.29 is 10.0 Å². The summed E-state index contributed by atoms with van der Waals surface area (Å²) in [6, 6.07) is 35.4. The molecule has 196 valence electrons. The van der Waals surface area contributed by atoms with E-state index in [4.69, 9.17) is 21.6 Å². The van der Waals surface area contributed by atoms with E-state index in [-0.39, 0.29) is 0 Å². The van der Waals surface area contributed by atoms with Gasteiger partial charge in [-0.2, -0.15) is 0 Å². The summed E-state index contributed by atoms with van der Waals surface area (Å²) in [5, 5.41) is 22.6. The van der Waals surface area contributed by atoms with Crippen LogP contribution in [0.4, 0.5) is 0 Å². The first-order valence-electron chi connectivity index (χ1n) is 12.6. The van der Waals surface area contributed by atoms with Gasteiger partial charge in [0.2, 0.25) is 0 Å². The van der Waals surface area contributed by atoms with E-state index < -0.39 is 7.12 Å². The van der Waals surface area contributed by atoms with Crippen LogP contribution in [0.25, 0.3) is 45.0 Å². The number of fused-ring (bicyclic) bond motifs is 2. The van der Waals surface area contributed by atoms with Crippen molar-refractivity contribution in [2.45, 2.75) is 0 Å². The maximum atomic E-state index is 8.72. The fourth-order valence-electron chi connectivity index (χ4n) is 4.01. The first kappa shape index (κ1) is 28.5. The van der Waals surface area contributed by atoms with Crippen LogP contribution in [0.1, 0.15) is 11.1 Å². The van der Waals surface area contributed by atoms with Gasteiger partial charge < -0.3 is 10.0 Å². The first-order chi connectivity index (χ1) is 19.5. The van der Waals surface area contributed by atoms with Crippen LogP contribution in [-0.2, 0) is 0 Å². The maximum absolute atomic E-state index is 8.72. The highest BCUT2D eigenvalue weighted by Gasteiger charge is 2.08. The molecule has 6 heteroatoms. The van der Waals surface area contributed by atoms with Gasteiger partial charge in [0.25, 0.3) is 0 Å². The summed E-state index contributed by atoms with van der Waals surface area (Å²) in [7, 11) is -1.38. The zero-order valence-corrected chi connectivity index (χ0v) is 22.6. The number of pyridine rings is 2. The van der Waals surface area contributed by atoms with Crippen molar-refractivity contribution in [1.29, 1.82) is 0 Å². The van der Waals surface area contributed by atoms with E-state index in [0.717, 1.165) is 33.2 Å². The van der Waals surface area contributed by atoms with Gasteiger partial charge in [-0.1, -0.05) is 134 Å². The lowest BCUT2D eigenvalue weighted by atomic mass is 9.80. The number of halogens is 1. The Morgan fingerprint density at radius 1 is 0.600 bits per heavy atom. The number of hydrogen-bond donors (Lipinski definition) is 2. The first-order valence-corrected chi connectivity index (χ1v) is 13.0. The lowest BCUT2D eigenvalue weighted by molar-refractivity contribution is 0.426. The molecule has 0 atom stereocenters. The number of rotatable bonds is 4. The van der Waals surface area contributed by atoms with Gasteiger partial charge in [0.05, 0.1) is 5.69 Å². The van der Waals surface area contributed by atoms with Gasteiger partial charge in [0.1, 0.15) is 5.15 Å². The van der Waals surface area contributed by atoms with Crippen molar-refractivity contribution in [2.24, 2.45) is 0 Å². The minimum Gasteiger partial charge on any atom is -0.423 e. The van der Waals surface area contributed by atoms with Crippen LogP contribution in [0.5, 0.6) is 0 Å². The second kappa shape index (κ2) is 14.0. The molecule has 6 aromatic rings. The average Bonchev–Trinajstić information content (AvgIpc) is 3.02. The van der Waals surface area contributed by atoms with E-state index in [0.29, 0.717) is 10.6 Å². The second-order valence-electron chi connectivity index (χ2n) is 8.77. The van der Waals surface area contributed by atoms with Crippen LogP contribution in [0.15, 0.2) is 135 Å². The van der Waals surface area contributed by atoms with Gasteiger partial charge in [-0.15, -0.1) is 0 Å². The lowest BCUT2D eigenvalue weighted by Gasteiger charge is -2.05. The molecule has 0 radical (unpaired) electrons. The van der Waals surface area contributed by atoms with Crippen LogP contribution >= 0.6 is 11.6 Å². The summed E-state index contributed by atoms with van der Waals surface area (Å²) in [4.78, 5) is 8.48. The third-order valence-corrected chi connectivity index (χ3v) is 6.49. The second-order valence-corrected chi connectivity index (χ2v) is 9.13. The summed E-state index contributed by atoms with van der Waals surface area (Å²) >= 11 is 5.85. The van der Waals surface area contributed by atoms with Gasteiger partial charge in [-0.3, -0.25) is 4.98 Å². The highest BCUT2D eigenvalue weighted by molar-refractivity contribution is 6.58. The predicted octanol–water partition coefficient (Wildman–Crippen LogP) is 7.44. The molecule has 0 aliphatic rings. The van der Waals surface area contributed by atoms with Crippen LogP contribution < -0.4 is 5.46 Å². The van der Waals surface area contributed by atoms with E-state index in [1.807, 2.05) is 60.8 Å². The van der Waals surface area contributed by atoms with Gasteiger partial charge in [-0.05, 0) is 39.5 Å². The monoisotopic (exact) mass is 542 g/mol.